The van der Waals surface area contributed by atoms with Gasteiger partial charge in [0.1, 0.15) is 0 Å². The maximum Gasteiger partial charge on any atom is 2.00 e. The minimum Gasteiger partial charge on any atom is -0.500 e. The fourth-order valence-corrected chi connectivity index (χ4v) is 2.01. The molecule has 1 amide bonds. The van der Waals surface area contributed by atoms with Gasteiger partial charge in [-0.15, -0.1) is 23.9 Å². The van der Waals surface area contributed by atoms with Gasteiger partial charge in [0.2, 0.25) is 0 Å². The number of anilines is 1. The van der Waals surface area contributed by atoms with Gasteiger partial charge in [0.05, 0.1) is 12.5 Å². The smallest absolute Gasteiger partial charge is 0.500 e. The summed E-state index contributed by atoms with van der Waals surface area (Å²) in [5, 5.41) is 10.0. The van der Waals surface area contributed by atoms with Crippen molar-refractivity contribution in [2.75, 3.05) is 4.90 Å². The third-order valence-corrected chi connectivity index (χ3v) is 3.18. The molecule has 2 atom stereocenters. The molecule has 0 heterocycles. The zero-order valence-corrected chi connectivity index (χ0v) is 16.5. The summed E-state index contributed by atoms with van der Waals surface area (Å²) in [6.07, 6.45) is 5.54. The third kappa shape index (κ3) is 5.99. The van der Waals surface area contributed by atoms with Crippen LogP contribution < -0.4 is 4.90 Å². The Morgan fingerprint density at radius 2 is 1.90 bits per heavy atom. The van der Waals surface area contributed by atoms with Crippen LogP contribution in [0.15, 0.2) is 24.3 Å². The van der Waals surface area contributed by atoms with Gasteiger partial charge in [-0.25, -0.2) is 0 Å². The van der Waals surface area contributed by atoms with Crippen LogP contribution in [-0.2, 0) is 4.79 Å². The number of hydrogen-bond acceptors (Lipinski definition) is 2. The molecule has 0 aromatic heterocycles. The first-order valence-electron chi connectivity index (χ1n) is 6.88. The van der Waals surface area contributed by atoms with E-state index in [4.69, 9.17) is 0 Å². The fraction of sp³-hybridized carbons (Fsp3) is 0.500. The van der Waals surface area contributed by atoms with Gasteiger partial charge >= 0.3 is 31.1 Å². The summed E-state index contributed by atoms with van der Waals surface area (Å²) < 4.78 is 0. The molecule has 0 saturated heterocycles. The van der Waals surface area contributed by atoms with Crippen LogP contribution in [0.1, 0.15) is 51.2 Å². The Morgan fingerprint density at radius 1 is 1.30 bits per heavy atom. The zero-order chi connectivity index (χ0) is 14.3. The number of hydrogen-bond donors (Lipinski definition) is 1. The molecule has 0 radical (unpaired) electrons. The SMILES string of the molecule is [CH2-][C@H](C)N([C-]=O)c1ccc(C(O)CCCCC)cc1.[U+2]. The molecule has 1 unspecified atom stereocenters. The molecule has 0 bridgehead atoms. The van der Waals surface area contributed by atoms with Crippen molar-refractivity contribution in [3.05, 3.63) is 36.8 Å². The van der Waals surface area contributed by atoms with E-state index in [1.165, 1.54) is 4.90 Å². The number of unbranched alkanes of at least 4 members (excludes halogenated alkanes) is 2. The van der Waals surface area contributed by atoms with Crippen molar-refractivity contribution < 1.29 is 41.0 Å². The zero-order valence-electron chi connectivity index (χ0n) is 12.3. The van der Waals surface area contributed by atoms with Gasteiger partial charge in [-0.3, -0.25) is 0 Å². The number of rotatable bonds is 8. The van der Waals surface area contributed by atoms with Crippen LogP contribution in [0.3, 0.4) is 0 Å². The third-order valence-electron chi connectivity index (χ3n) is 3.18. The van der Waals surface area contributed by atoms with Gasteiger partial charge in [0.25, 0.3) is 0 Å². The normalized spacial score (nSPS) is 13.2. The molecular weight excluding hydrogens is 476 g/mol. The van der Waals surface area contributed by atoms with Crippen molar-refractivity contribution in [2.45, 2.75) is 51.7 Å². The second-order valence-corrected chi connectivity index (χ2v) is 4.91. The Morgan fingerprint density at radius 3 is 2.35 bits per heavy atom. The first-order valence-corrected chi connectivity index (χ1v) is 6.88. The standard InChI is InChI=1S/C16H23NO2.U/c1-4-5-6-7-16(19)14-8-10-15(11-9-14)17(12-18)13(2)3;/h8-11,13,16,19H,2,4-7H2,1,3H3;/q-2;+2/t13-,16?;/m1./s1. The van der Waals surface area contributed by atoms with Crippen LogP contribution in [0.4, 0.5) is 5.69 Å². The molecule has 1 aromatic carbocycles. The minimum absolute atomic E-state index is 0. The maximum atomic E-state index is 10.9. The van der Waals surface area contributed by atoms with E-state index in [0.29, 0.717) is 0 Å². The van der Waals surface area contributed by atoms with Gasteiger partial charge in [-0.05, 0) is 12.0 Å². The number of benzene rings is 1. The summed E-state index contributed by atoms with van der Waals surface area (Å²) in [7, 11) is 0. The van der Waals surface area contributed by atoms with Crippen LogP contribution >= 0.6 is 0 Å². The predicted molar refractivity (Wildman–Crippen MR) is 78.5 cm³/mol. The van der Waals surface area contributed by atoms with E-state index >= 15 is 0 Å². The van der Waals surface area contributed by atoms with Crippen molar-refractivity contribution >= 4 is 12.1 Å². The molecule has 4 heteroatoms. The van der Waals surface area contributed by atoms with Crippen molar-refractivity contribution in [2.24, 2.45) is 0 Å². The summed E-state index contributed by atoms with van der Waals surface area (Å²) in [5.41, 5.74) is 1.64. The van der Waals surface area contributed by atoms with Crippen molar-refractivity contribution in [3.8, 4) is 0 Å². The van der Waals surface area contributed by atoms with E-state index in [-0.39, 0.29) is 37.2 Å². The minimum atomic E-state index is -0.425. The van der Waals surface area contributed by atoms with E-state index < -0.39 is 6.10 Å². The van der Waals surface area contributed by atoms with Crippen molar-refractivity contribution in [1.29, 1.82) is 0 Å². The number of aliphatic hydroxyl groups excluding tert-OH is 1. The van der Waals surface area contributed by atoms with Crippen molar-refractivity contribution in [1.82, 2.24) is 0 Å². The molecule has 1 aromatic rings. The topological polar surface area (TPSA) is 40.5 Å². The molecule has 1 N–H and O–H groups in total. The predicted octanol–water partition coefficient (Wildman–Crippen LogP) is 3.40. The van der Waals surface area contributed by atoms with Crippen LogP contribution in [0.25, 0.3) is 0 Å². The number of nitrogens with zero attached hydrogens (tertiary/aromatic N) is 1. The molecule has 20 heavy (non-hydrogen) atoms. The number of amides is 1. The van der Waals surface area contributed by atoms with Gasteiger partial charge in [0.15, 0.2) is 0 Å². The van der Waals surface area contributed by atoms with E-state index in [1.807, 2.05) is 37.6 Å². The van der Waals surface area contributed by atoms with E-state index in [9.17, 15) is 9.90 Å². The average molecular weight is 499 g/mol. The second-order valence-electron chi connectivity index (χ2n) is 4.91. The van der Waals surface area contributed by atoms with Gasteiger partial charge in [-0.1, -0.05) is 45.2 Å². The molecular formula is C16H23NO2U. The molecule has 1 rings (SSSR count). The molecule has 0 saturated carbocycles. The fourth-order valence-electron chi connectivity index (χ4n) is 2.01. The number of aliphatic hydroxyl groups is 1. The summed E-state index contributed by atoms with van der Waals surface area (Å²) in [6.45, 7) is 7.78. The summed E-state index contributed by atoms with van der Waals surface area (Å²) in [6, 6.07) is 7.20. The summed E-state index contributed by atoms with van der Waals surface area (Å²) in [4.78, 5) is 12.3. The molecule has 0 aliphatic heterocycles. The Bertz CT molecular complexity index is 379. The monoisotopic (exact) mass is 499 g/mol. The van der Waals surface area contributed by atoms with Crippen LogP contribution in [0.5, 0.6) is 0 Å². The molecule has 0 spiro atoms. The van der Waals surface area contributed by atoms with E-state index in [1.54, 1.807) is 0 Å². The summed E-state index contributed by atoms with van der Waals surface area (Å²) >= 11 is 0. The first kappa shape index (κ1) is 19.7. The van der Waals surface area contributed by atoms with Crippen LogP contribution in [0, 0.1) is 38.0 Å². The Balaban J connectivity index is 0.00000361. The molecule has 0 aliphatic carbocycles. The van der Waals surface area contributed by atoms with Gasteiger partial charge in [-0.2, -0.15) is 0 Å². The quantitative estimate of drug-likeness (QED) is 0.339. The summed E-state index contributed by atoms with van der Waals surface area (Å²) in [5.74, 6) is 0. The average Bonchev–Trinajstić information content (AvgIpc) is 2.40. The largest absolute Gasteiger partial charge is 2.00 e. The van der Waals surface area contributed by atoms with Crippen LogP contribution in [0.2, 0.25) is 0 Å². The van der Waals surface area contributed by atoms with E-state index in [2.05, 4.69) is 13.8 Å². The Labute approximate surface area is 146 Å². The number of carbonyl (C=O) groups excluding carboxylic acids is 1. The Hall–Kier alpha value is -0.298. The maximum absolute atomic E-state index is 10.9. The molecule has 108 valence electrons. The Kier molecular flexibility index (Phi) is 10.3. The first-order chi connectivity index (χ1) is 9.10. The van der Waals surface area contributed by atoms with Crippen LogP contribution in [-0.4, -0.2) is 17.6 Å². The molecule has 0 aliphatic rings. The van der Waals surface area contributed by atoms with Gasteiger partial charge < -0.3 is 21.7 Å². The van der Waals surface area contributed by atoms with Gasteiger partial charge in [0, 0.05) is 0 Å². The van der Waals surface area contributed by atoms with E-state index in [0.717, 1.165) is 36.9 Å². The molecule has 0 fully saturated rings. The van der Waals surface area contributed by atoms with Crippen molar-refractivity contribution in [3.63, 3.8) is 0 Å². The molecule has 3 nitrogen and oxygen atoms in total. The second kappa shape index (κ2) is 10.4.